The standard InChI is InChI=1S/C26H18ClNO3/c27-22-12-14-23(15-13-22)28-25(29)20-10-16-24(17-11-20)31-26(30)21-8-6-19(7-9-21)18-4-2-1-3-5-18/h1-17H,(H,28,29). The van der Waals surface area contributed by atoms with E-state index in [1.54, 1.807) is 60.7 Å². The van der Waals surface area contributed by atoms with Crippen LogP contribution in [0.2, 0.25) is 5.02 Å². The zero-order valence-electron chi connectivity index (χ0n) is 16.4. The number of halogens is 1. The minimum absolute atomic E-state index is 0.267. The lowest BCUT2D eigenvalue weighted by atomic mass is 10.0. The highest BCUT2D eigenvalue weighted by atomic mass is 35.5. The lowest BCUT2D eigenvalue weighted by molar-refractivity contribution is 0.0734. The quantitative estimate of drug-likeness (QED) is 0.293. The second-order valence-corrected chi connectivity index (χ2v) is 7.25. The maximum atomic E-state index is 12.4. The molecule has 4 aromatic rings. The van der Waals surface area contributed by atoms with Gasteiger partial charge in [-0.3, -0.25) is 4.79 Å². The zero-order chi connectivity index (χ0) is 21.6. The number of nitrogens with one attached hydrogen (secondary N) is 1. The number of benzene rings is 4. The summed E-state index contributed by atoms with van der Waals surface area (Å²) in [5.41, 5.74) is 3.64. The third-order valence-corrected chi connectivity index (χ3v) is 4.91. The van der Waals surface area contributed by atoms with Gasteiger partial charge >= 0.3 is 5.97 Å². The highest BCUT2D eigenvalue weighted by Crippen LogP contribution is 2.21. The Bertz CT molecular complexity index is 1190. The Labute approximate surface area is 185 Å². The van der Waals surface area contributed by atoms with Crippen LogP contribution >= 0.6 is 11.6 Å². The van der Waals surface area contributed by atoms with Gasteiger partial charge in [0.2, 0.25) is 0 Å². The fraction of sp³-hybridized carbons (Fsp3) is 0. The summed E-state index contributed by atoms with van der Waals surface area (Å²) in [6.07, 6.45) is 0. The van der Waals surface area contributed by atoms with Crippen molar-refractivity contribution in [3.05, 3.63) is 119 Å². The Balaban J connectivity index is 1.38. The minimum atomic E-state index is -0.460. The molecule has 4 rings (SSSR count). The summed E-state index contributed by atoms with van der Waals surface area (Å²) in [7, 11) is 0. The molecule has 0 spiro atoms. The number of carbonyl (C=O) groups excluding carboxylic acids is 2. The first kappa shape index (κ1) is 20.4. The topological polar surface area (TPSA) is 55.4 Å². The molecule has 0 fully saturated rings. The highest BCUT2D eigenvalue weighted by molar-refractivity contribution is 6.30. The predicted octanol–water partition coefficient (Wildman–Crippen LogP) is 6.48. The first-order chi connectivity index (χ1) is 15.1. The van der Waals surface area contributed by atoms with Crippen LogP contribution in [0.3, 0.4) is 0 Å². The molecule has 0 heterocycles. The van der Waals surface area contributed by atoms with Crippen LogP contribution in [-0.4, -0.2) is 11.9 Å². The molecule has 0 atom stereocenters. The summed E-state index contributed by atoms with van der Waals surface area (Å²) in [5.74, 6) is -0.366. The lowest BCUT2D eigenvalue weighted by Crippen LogP contribution is -2.12. The molecule has 31 heavy (non-hydrogen) atoms. The maximum Gasteiger partial charge on any atom is 0.343 e. The number of hydrogen-bond donors (Lipinski definition) is 1. The molecule has 0 aromatic heterocycles. The normalized spacial score (nSPS) is 10.4. The van der Waals surface area contributed by atoms with Crippen LogP contribution in [-0.2, 0) is 0 Å². The summed E-state index contributed by atoms with van der Waals surface area (Å²) >= 11 is 5.85. The number of rotatable bonds is 5. The van der Waals surface area contributed by atoms with Gasteiger partial charge < -0.3 is 10.1 Å². The third kappa shape index (κ3) is 5.18. The van der Waals surface area contributed by atoms with Crippen molar-refractivity contribution in [2.45, 2.75) is 0 Å². The molecule has 4 aromatic carbocycles. The van der Waals surface area contributed by atoms with E-state index in [0.29, 0.717) is 27.6 Å². The SMILES string of the molecule is O=C(Nc1ccc(Cl)cc1)c1ccc(OC(=O)c2ccc(-c3ccccc3)cc2)cc1. The van der Waals surface area contributed by atoms with E-state index in [4.69, 9.17) is 16.3 Å². The predicted molar refractivity (Wildman–Crippen MR) is 123 cm³/mol. The summed E-state index contributed by atoms with van der Waals surface area (Å²) in [5, 5.41) is 3.38. The van der Waals surface area contributed by atoms with Gasteiger partial charge in [-0.1, -0.05) is 54.1 Å². The van der Waals surface area contributed by atoms with E-state index in [0.717, 1.165) is 11.1 Å². The molecule has 0 saturated carbocycles. The molecule has 1 amide bonds. The van der Waals surface area contributed by atoms with Crippen molar-refractivity contribution in [3.8, 4) is 16.9 Å². The Morgan fingerprint density at radius 3 is 1.87 bits per heavy atom. The van der Waals surface area contributed by atoms with Gasteiger partial charge in [-0.15, -0.1) is 0 Å². The van der Waals surface area contributed by atoms with E-state index >= 15 is 0 Å². The van der Waals surface area contributed by atoms with Crippen molar-refractivity contribution in [3.63, 3.8) is 0 Å². The molecular weight excluding hydrogens is 410 g/mol. The highest BCUT2D eigenvalue weighted by Gasteiger charge is 2.11. The number of amides is 1. The molecule has 0 aliphatic rings. The lowest BCUT2D eigenvalue weighted by Gasteiger charge is -2.08. The first-order valence-electron chi connectivity index (χ1n) is 9.63. The van der Waals surface area contributed by atoms with E-state index in [9.17, 15) is 9.59 Å². The van der Waals surface area contributed by atoms with Gasteiger partial charge in [0, 0.05) is 16.3 Å². The molecule has 4 nitrogen and oxygen atoms in total. The van der Waals surface area contributed by atoms with Crippen LogP contribution in [0.1, 0.15) is 20.7 Å². The number of hydrogen-bond acceptors (Lipinski definition) is 3. The second-order valence-electron chi connectivity index (χ2n) is 6.82. The Hall–Kier alpha value is -3.89. The van der Waals surface area contributed by atoms with E-state index < -0.39 is 5.97 Å². The van der Waals surface area contributed by atoms with Gasteiger partial charge in [0.1, 0.15) is 5.75 Å². The number of ether oxygens (including phenoxy) is 1. The van der Waals surface area contributed by atoms with E-state index in [-0.39, 0.29) is 5.91 Å². The van der Waals surface area contributed by atoms with Crippen molar-refractivity contribution in [2.24, 2.45) is 0 Å². The Morgan fingerprint density at radius 1 is 0.645 bits per heavy atom. The van der Waals surface area contributed by atoms with Gasteiger partial charge in [-0.25, -0.2) is 4.79 Å². The van der Waals surface area contributed by atoms with Crippen molar-refractivity contribution in [1.82, 2.24) is 0 Å². The van der Waals surface area contributed by atoms with E-state index in [1.165, 1.54) is 0 Å². The van der Waals surface area contributed by atoms with Crippen molar-refractivity contribution >= 4 is 29.2 Å². The summed E-state index contributed by atoms with van der Waals surface area (Å²) < 4.78 is 5.43. The van der Waals surface area contributed by atoms with Crippen LogP contribution in [0, 0.1) is 0 Å². The molecule has 0 bridgehead atoms. The smallest absolute Gasteiger partial charge is 0.343 e. The second kappa shape index (κ2) is 9.28. The number of carbonyl (C=O) groups is 2. The maximum absolute atomic E-state index is 12.4. The Morgan fingerprint density at radius 2 is 1.23 bits per heavy atom. The molecule has 1 N–H and O–H groups in total. The van der Waals surface area contributed by atoms with Crippen LogP contribution in [0.5, 0.6) is 5.75 Å². The molecule has 0 saturated heterocycles. The Kier molecular flexibility index (Phi) is 6.11. The molecule has 0 aliphatic carbocycles. The van der Waals surface area contributed by atoms with E-state index in [1.807, 2.05) is 42.5 Å². The molecule has 0 radical (unpaired) electrons. The van der Waals surface area contributed by atoms with Gasteiger partial charge in [0.05, 0.1) is 5.56 Å². The van der Waals surface area contributed by atoms with Crippen molar-refractivity contribution < 1.29 is 14.3 Å². The molecular formula is C26H18ClNO3. The van der Waals surface area contributed by atoms with Gasteiger partial charge in [-0.2, -0.15) is 0 Å². The van der Waals surface area contributed by atoms with Gasteiger partial charge in [0.15, 0.2) is 0 Å². The largest absolute Gasteiger partial charge is 0.423 e. The third-order valence-electron chi connectivity index (χ3n) is 4.66. The molecule has 152 valence electrons. The average molecular weight is 428 g/mol. The minimum Gasteiger partial charge on any atom is -0.423 e. The van der Waals surface area contributed by atoms with Crippen molar-refractivity contribution in [2.75, 3.05) is 5.32 Å². The molecule has 0 aliphatic heterocycles. The van der Waals surface area contributed by atoms with Gasteiger partial charge in [0.25, 0.3) is 5.91 Å². The van der Waals surface area contributed by atoms with E-state index in [2.05, 4.69) is 5.32 Å². The number of anilines is 1. The zero-order valence-corrected chi connectivity index (χ0v) is 17.2. The van der Waals surface area contributed by atoms with Crippen molar-refractivity contribution in [1.29, 1.82) is 0 Å². The van der Waals surface area contributed by atoms with Crippen LogP contribution in [0.15, 0.2) is 103 Å². The summed E-state index contributed by atoms with van der Waals surface area (Å²) in [4.78, 5) is 24.8. The molecule has 0 unspecified atom stereocenters. The van der Waals surface area contributed by atoms with Crippen LogP contribution in [0.4, 0.5) is 5.69 Å². The monoisotopic (exact) mass is 427 g/mol. The number of esters is 1. The summed E-state index contributed by atoms with van der Waals surface area (Å²) in [6, 6.07) is 30.4. The van der Waals surface area contributed by atoms with Crippen LogP contribution < -0.4 is 10.1 Å². The fourth-order valence-electron chi connectivity index (χ4n) is 3.01. The van der Waals surface area contributed by atoms with Gasteiger partial charge in [-0.05, 0) is 71.8 Å². The summed E-state index contributed by atoms with van der Waals surface area (Å²) in [6.45, 7) is 0. The molecule has 5 heteroatoms. The fourth-order valence-corrected chi connectivity index (χ4v) is 3.13. The van der Waals surface area contributed by atoms with Crippen LogP contribution in [0.25, 0.3) is 11.1 Å². The first-order valence-corrected chi connectivity index (χ1v) is 10.0. The average Bonchev–Trinajstić information content (AvgIpc) is 2.81.